The molecular formula is C52H85NO9. The van der Waals surface area contributed by atoms with Gasteiger partial charge in [0.2, 0.25) is 5.91 Å². The van der Waals surface area contributed by atoms with Crippen LogP contribution in [-0.2, 0) is 42.8 Å². The predicted molar refractivity (Wildman–Crippen MR) is 239 cm³/mol. The number of carbonyl (C=O) groups is 3. The molecule has 2 heterocycles. The van der Waals surface area contributed by atoms with Gasteiger partial charge >= 0.3 is 11.9 Å². The van der Waals surface area contributed by atoms with Gasteiger partial charge in [0.1, 0.15) is 12.2 Å². The molecule has 5 aliphatic carbocycles. The molecule has 5 unspecified atom stereocenters. The lowest BCUT2D eigenvalue weighted by Gasteiger charge is -2.73. The lowest BCUT2D eigenvalue weighted by atomic mass is 9.32. The second kappa shape index (κ2) is 17.7. The van der Waals surface area contributed by atoms with Crippen LogP contribution in [0.3, 0.4) is 0 Å². The largest absolute Gasteiger partial charge is 0.458 e. The summed E-state index contributed by atoms with van der Waals surface area (Å²) in [7, 11) is 0. The normalized spacial score (nSPS) is 49.9. The number of amides is 1. The van der Waals surface area contributed by atoms with Gasteiger partial charge in [-0.3, -0.25) is 14.4 Å². The Morgan fingerprint density at radius 1 is 0.726 bits per heavy atom. The Morgan fingerprint density at radius 3 is 2.06 bits per heavy atom. The van der Waals surface area contributed by atoms with Gasteiger partial charge in [0.25, 0.3) is 0 Å². The SMILES string of the molecule is C=C(C)C1CC[C@]2(C(=O)NCCC)CC[C@]3(C)C(CCC4[C@@]5(C)CC[C@H](O[C@@H]6OC[C@H](C)[C@H](C)[C@H]6OC6O[C@@H](C)[C@H](C)[C@@H](OC(C)=O)[C@H]6OC(C)=O)[C@@](C)(CC)[C@@H]5CC[C@]43C)C12. The molecule has 0 aromatic rings. The van der Waals surface area contributed by atoms with Crippen LogP contribution in [0.4, 0.5) is 0 Å². The number of hydrogen-bond donors (Lipinski definition) is 1. The molecule has 1 amide bonds. The van der Waals surface area contributed by atoms with Crippen molar-refractivity contribution in [3.8, 4) is 0 Å². The maximum atomic E-state index is 14.3. The fourth-order valence-electron chi connectivity index (χ4n) is 16.1. The van der Waals surface area contributed by atoms with Crippen LogP contribution < -0.4 is 5.32 Å². The zero-order chi connectivity index (χ0) is 45.3. The first-order valence-electron chi connectivity index (χ1n) is 25.0. The molecule has 10 heteroatoms. The van der Waals surface area contributed by atoms with Crippen molar-refractivity contribution >= 4 is 17.8 Å². The van der Waals surface area contributed by atoms with Crippen molar-refractivity contribution in [3.63, 3.8) is 0 Å². The molecule has 2 saturated heterocycles. The molecule has 0 bridgehead atoms. The highest BCUT2D eigenvalue weighted by Gasteiger charge is 2.72. The van der Waals surface area contributed by atoms with Crippen molar-refractivity contribution in [1.82, 2.24) is 5.32 Å². The molecule has 2 aliphatic heterocycles. The van der Waals surface area contributed by atoms with Crippen LogP contribution in [-0.4, -0.2) is 74.1 Å². The van der Waals surface area contributed by atoms with E-state index < -0.39 is 42.8 Å². The molecule has 1 N–H and O–H groups in total. The van der Waals surface area contributed by atoms with E-state index in [1.54, 1.807) is 0 Å². The van der Waals surface area contributed by atoms with Gasteiger partial charge in [-0.15, -0.1) is 0 Å². The van der Waals surface area contributed by atoms with Gasteiger partial charge in [-0.1, -0.05) is 74.5 Å². The lowest BCUT2D eigenvalue weighted by molar-refractivity contribution is -0.353. The fourth-order valence-corrected chi connectivity index (χ4v) is 16.1. The van der Waals surface area contributed by atoms with Gasteiger partial charge in [-0.25, -0.2) is 0 Å². The summed E-state index contributed by atoms with van der Waals surface area (Å²) in [4.78, 5) is 39.0. The molecule has 5 saturated carbocycles. The zero-order valence-corrected chi connectivity index (χ0v) is 40.9. The number of nitrogens with one attached hydrogen (secondary N) is 1. The first-order valence-corrected chi connectivity index (χ1v) is 25.0. The van der Waals surface area contributed by atoms with Crippen molar-refractivity contribution in [2.75, 3.05) is 13.2 Å². The molecule has 7 rings (SSSR count). The van der Waals surface area contributed by atoms with Gasteiger partial charge in [0, 0.05) is 26.3 Å². The van der Waals surface area contributed by atoms with E-state index in [2.05, 4.69) is 74.2 Å². The summed E-state index contributed by atoms with van der Waals surface area (Å²) in [6, 6.07) is 0. The van der Waals surface area contributed by atoms with Crippen LogP contribution in [0.1, 0.15) is 167 Å². The Kier molecular flexibility index (Phi) is 13.7. The van der Waals surface area contributed by atoms with Crippen molar-refractivity contribution in [1.29, 1.82) is 0 Å². The maximum Gasteiger partial charge on any atom is 0.303 e. The van der Waals surface area contributed by atoms with Crippen LogP contribution >= 0.6 is 0 Å². The summed E-state index contributed by atoms with van der Waals surface area (Å²) < 4.78 is 38.9. The second-order valence-corrected chi connectivity index (χ2v) is 23.0. The van der Waals surface area contributed by atoms with Crippen LogP contribution in [0.15, 0.2) is 12.2 Å². The zero-order valence-electron chi connectivity index (χ0n) is 40.9. The molecule has 0 aromatic heterocycles. The van der Waals surface area contributed by atoms with E-state index in [4.69, 9.17) is 28.4 Å². The van der Waals surface area contributed by atoms with E-state index in [0.29, 0.717) is 42.1 Å². The van der Waals surface area contributed by atoms with Crippen LogP contribution in [0.5, 0.6) is 0 Å². The molecule has 7 aliphatic rings. The number of allylic oxidation sites excluding steroid dienone is 1. The van der Waals surface area contributed by atoms with Crippen LogP contribution in [0.25, 0.3) is 0 Å². The maximum absolute atomic E-state index is 14.3. The van der Waals surface area contributed by atoms with Crippen molar-refractivity contribution in [2.24, 2.45) is 74.4 Å². The quantitative estimate of drug-likeness (QED) is 0.123. The molecular weight excluding hydrogens is 783 g/mol. The number of rotatable bonds is 11. The molecule has 10 nitrogen and oxygen atoms in total. The van der Waals surface area contributed by atoms with Crippen LogP contribution in [0, 0.1) is 74.4 Å². The van der Waals surface area contributed by atoms with Gasteiger partial charge < -0.3 is 33.7 Å². The number of hydrogen-bond acceptors (Lipinski definition) is 9. The van der Waals surface area contributed by atoms with Crippen molar-refractivity contribution < 1.29 is 42.8 Å². The molecule has 352 valence electrons. The summed E-state index contributed by atoms with van der Waals surface area (Å²) in [5.41, 5.74) is 1.39. The third kappa shape index (κ3) is 7.64. The van der Waals surface area contributed by atoms with Gasteiger partial charge in [-0.2, -0.15) is 0 Å². The highest BCUT2D eigenvalue weighted by atomic mass is 16.8. The monoisotopic (exact) mass is 868 g/mol. The van der Waals surface area contributed by atoms with E-state index in [1.165, 1.54) is 45.1 Å². The molecule has 62 heavy (non-hydrogen) atoms. The second-order valence-electron chi connectivity index (χ2n) is 23.0. The van der Waals surface area contributed by atoms with Crippen LogP contribution in [0.2, 0.25) is 0 Å². The third-order valence-electron chi connectivity index (χ3n) is 20.2. The molecule has 20 atom stereocenters. The van der Waals surface area contributed by atoms with Gasteiger partial charge in [0.15, 0.2) is 18.7 Å². The predicted octanol–water partition coefficient (Wildman–Crippen LogP) is 10.2. The number of carbonyl (C=O) groups excluding carboxylic acids is 3. The van der Waals surface area contributed by atoms with Gasteiger partial charge in [-0.05, 0) is 154 Å². The van der Waals surface area contributed by atoms with Crippen molar-refractivity contribution in [2.45, 2.75) is 210 Å². The summed E-state index contributed by atoms with van der Waals surface area (Å²) in [6.07, 6.45) is 8.88. The molecule has 0 aromatic carbocycles. The number of fused-ring (bicyclic) bond motifs is 7. The first kappa shape index (κ1) is 47.9. The van der Waals surface area contributed by atoms with E-state index in [1.807, 2.05) is 13.8 Å². The average Bonchev–Trinajstić information content (AvgIpc) is 3.62. The Balaban J connectivity index is 1.14. The highest BCUT2D eigenvalue weighted by Crippen LogP contribution is 2.78. The van der Waals surface area contributed by atoms with E-state index in [9.17, 15) is 14.4 Å². The smallest absolute Gasteiger partial charge is 0.303 e. The minimum absolute atomic E-state index is 0.0328. The van der Waals surface area contributed by atoms with E-state index in [0.717, 1.165) is 57.9 Å². The fraction of sp³-hybridized carbons (Fsp3) is 0.904. The van der Waals surface area contributed by atoms with E-state index >= 15 is 0 Å². The summed E-state index contributed by atoms with van der Waals surface area (Å²) >= 11 is 0. The minimum atomic E-state index is -0.966. The Hall–Kier alpha value is -2.01. The summed E-state index contributed by atoms with van der Waals surface area (Å²) in [6.45, 7) is 34.0. The molecule has 0 radical (unpaired) electrons. The van der Waals surface area contributed by atoms with Crippen molar-refractivity contribution in [3.05, 3.63) is 12.2 Å². The average molecular weight is 868 g/mol. The Bertz CT molecular complexity index is 1690. The summed E-state index contributed by atoms with van der Waals surface area (Å²) in [5, 5.41) is 3.40. The van der Waals surface area contributed by atoms with Gasteiger partial charge in [0.05, 0.1) is 24.2 Å². The minimum Gasteiger partial charge on any atom is -0.458 e. The Labute approximate surface area is 374 Å². The first-order chi connectivity index (χ1) is 29.1. The number of ether oxygens (including phenoxy) is 6. The molecule has 7 fully saturated rings. The number of esters is 2. The lowest BCUT2D eigenvalue weighted by Crippen LogP contribution is -2.68. The highest BCUT2D eigenvalue weighted by molar-refractivity contribution is 5.84. The topological polar surface area (TPSA) is 119 Å². The summed E-state index contributed by atoms with van der Waals surface area (Å²) in [5.74, 6) is 1.78. The standard InChI is InChI=1S/C52H85NO9/c1-15-27-53-47(56)52-24-19-36(29(3)4)41(52)37-17-18-39-49(12)22-21-40(48(11,16-2)38(49)20-23-51(39,14)50(37,13)25-26-52)61-45-43(31(6)30(5)28-57-45)62-46-44(60-35(10)55)42(59-34(9)54)32(7)33(8)58-46/h30-33,36-46H,3,15-28H2,1-2,4-14H3,(H,53,56)/t30-,31-,32-,33-,36?,37?,38-,39?,40-,41?,42+,43+,44+,45-,46?,48-,49-,50+,51+,52-/m0/s1. The molecule has 0 spiro atoms. The third-order valence-corrected chi connectivity index (χ3v) is 20.2. The Morgan fingerprint density at radius 2 is 1.42 bits per heavy atom. The van der Waals surface area contributed by atoms with E-state index in [-0.39, 0.29) is 57.0 Å².